The van der Waals surface area contributed by atoms with Crippen LogP contribution in [-0.2, 0) is 26.5 Å². The van der Waals surface area contributed by atoms with Gasteiger partial charge in [0, 0.05) is 17.3 Å². The maximum atomic E-state index is 13.8. The van der Waals surface area contributed by atoms with Gasteiger partial charge in [0.25, 0.3) is 0 Å². The summed E-state index contributed by atoms with van der Waals surface area (Å²) in [6.07, 6.45) is -0.944. The zero-order chi connectivity index (χ0) is 23.1. The minimum absolute atomic E-state index is 0.0478. The highest BCUT2D eigenvalue weighted by atomic mass is 16.7. The van der Waals surface area contributed by atoms with Crippen molar-refractivity contribution >= 4 is 23.4 Å². The van der Waals surface area contributed by atoms with Gasteiger partial charge in [-0.25, -0.2) is 0 Å². The number of rotatable bonds is 3. The van der Waals surface area contributed by atoms with Crippen molar-refractivity contribution in [2.75, 3.05) is 12.1 Å². The van der Waals surface area contributed by atoms with E-state index in [0.717, 1.165) is 5.56 Å². The molecule has 0 saturated carbocycles. The van der Waals surface area contributed by atoms with E-state index in [9.17, 15) is 19.5 Å². The molecule has 2 saturated heterocycles. The number of fused-ring (bicyclic) bond motifs is 5. The summed E-state index contributed by atoms with van der Waals surface area (Å²) >= 11 is 0. The quantitative estimate of drug-likeness (QED) is 0.599. The summed E-state index contributed by atoms with van der Waals surface area (Å²) in [5.74, 6) is -1.85. The lowest BCUT2D eigenvalue weighted by Gasteiger charge is -2.30. The second-order valence-electron chi connectivity index (χ2n) is 9.18. The molecule has 0 aromatic heterocycles. The molecule has 9 nitrogen and oxygen atoms in total. The van der Waals surface area contributed by atoms with Crippen molar-refractivity contribution in [2.24, 2.45) is 11.8 Å². The molecular formula is C24H23N3O6. The molecule has 5 atom stereocenters. The maximum Gasteiger partial charge on any atom is 0.250 e. The van der Waals surface area contributed by atoms with Crippen LogP contribution < -0.4 is 20.1 Å². The van der Waals surface area contributed by atoms with Crippen LogP contribution in [0, 0.1) is 18.8 Å². The molecule has 3 amide bonds. The van der Waals surface area contributed by atoms with Crippen molar-refractivity contribution < 1.29 is 29.0 Å². The van der Waals surface area contributed by atoms with Gasteiger partial charge in [0.15, 0.2) is 11.5 Å². The molecule has 0 unspecified atom stereocenters. The maximum absolute atomic E-state index is 13.8. The predicted molar refractivity (Wildman–Crippen MR) is 115 cm³/mol. The Morgan fingerprint density at radius 3 is 2.70 bits per heavy atom. The van der Waals surface area contributed by atoms with Crippen molar-refractivity contribution in [3.05, 3.63) is 53.1 Å². The molecule has 6 rings (SSSR count). The topological polar surface area (TPSA) is 117 Å². The molecule has 2 aromatic carbocycles. The highest BCUT2D eigenvalue weighted by Gasteiger charge is 2.71. The number of likely N-dealkylation sites (tertiary alicyclic amines) is 1. The molecule has 2 aromatic rings. The largest absolute Gasteiger partial charge is 0.454 e. The number of nitrogens with zero attached hydrogens (tertiary/aromatic N) is 1. The molecule has 1 spiro atoms. The van der Waals surface area contributed by atoms with Gasteiger partial charge in [-0.1, -0.05) is 23.8 Å². The molecule has 0 radical (unpaired) electrons. The van der Waals surface area contributed by atoms with E-state index >= 15 is 0 Å². The van der Waals surface area contributed by atoms with E-state index in [-0.39, 0.29) is 19.2 Å². The first-order valence-electron chi connectivity index (χ1n) is 10.9. The van der Waals surface area contributed by atoms with Crippen molar-refractivity contribution in [1.82, 2.24) is 10.2 Å². The van der Waals surface area contributed by atoms with Crippen LogP contribution in [0.15, 0.2) is 36.4 Å². The summed E-state index contributed by atoms with van der Waals surface area (Å²) in [5, 5.41) is 16.6. The Kier molecular flexibility index (Phi) is 4.15. The number of aliphatic hydroxyl groups is 1. The van der Waals surface area contributed by atoms with Crippen LogP contribution in [0.25, 0.3) is 0 Å². The zero-order valence-electron chi connectivity index (χ0n) is 18.1. The number of imide groups is 1. The molecule has 170 valence electrons. The summed E-state index contributed by atoms with van der Waals surface area (Å²) in [6.45, 7) is 3.65. The van der Waals surface area contributed by atoms with Gasteiger partial charge in [-0.05, 0) is 37.6 Å². The number of ether oxygens (including phenoxy) is 2. The Bertz CT molecular complexity index is 1230. The lowest BCUT2D eigenvalue weighted by Crippen LogP contribution is -2.54. The minimum Gasteiger partial charge on any atom is -0.454 e. The van der Waals surface area contributed by atoms with Crippen molar-refractivity contribution in [2.45, 2.75) is 38.1 Å². The van der Waals surface area contributed by atoms with Gasteiger partial charge in [-0.15, -0.1) is 0 Å². The SMILES string of the molecule is Cc1ccc2c(c1)[C@]1(N[C@@H]([C@@H](C)O)[C@H]3C(=O)N(Cc4ccc5c(c4)OCO5)C(=O)[C@H]31)C(=O)N2. The molecule has 33 heavy (non-hydrogen) atoms. The van der Waals surface area contributed by atoms with Crippen molar-refractivity contribution in [3.63, 3.8) is 0 Å². The van der Waals surface area contributed by atoms with Gasteiger partial charge < -0.3 is 19.9 Å². The Hall–Kier alpha value is -3.43. The number of amides is 3. The van der Waals surface area contributed by atoms with E-state index < -0.39 is 41.3 Å². The first-order valence-corrected chi connectivity index (χ1v) is 10.9. The van der Waals surface area contributed by atoms with E-state index in [1.165, 1.54) is 4.90 Å². The second kappa shape index (κ2) is 6.79. The van der Waals surface area contributed by atoms with Gasteiger partial charge in [0.1, 0.15) is 5.54 Å². The number of carbonyl (C=O) groups excluding carboxylic acids is 3. The first-order chi connectivity index (χ1) is 15.8. The van der Waals surface area contributed by atoms with Crippen LogP contribution in [0.1, 0.15) is 23.6 Å². The van der Waals surface area contributed by atoms with Gasteiger partial charge in [-0.2, -0.15) is 0 Å². The highest BCUT2D eigenvalue weighted by molar-refractivity contribution is 6.15. The average Bonchev–Trinajstić information content (AvgIpc) is 3.51. The number of hydrogen-bond acceptors (Lipinski definition) is 7. The fraction of sp³-hybridized carbons (Fsp3) is 0.375. The molecule has 9 heteroatoms. The van der Waals surface area contributed by atoms with Gasteiger partial charge in [-0.3, -0.25) is 24.6 Å². The third kappa shape index (κ3) is 2.63. The lowest BCUT2D eigenvalue weighted by molar-refractivity contribution is -0.143. The van der Waals surface area contributed by atoms with E-state index in [1.54, 1.807) is 31.2 Å². The van der Waals surface area contributed by atoms with Crippen LogP contribution in [0.3, 0.4) is 0 Å². The predicted octanol–water partition coefficient (Wildman–Crippen LogP) is 1.03. The summed E-state index contributed by atoms with van der Waals surface area (Å²) in [6, 6.07) is 10.1. The Morgan fingerprint density at radius 2 is 1.91 bits per heavy atom. The Labute approximate surface area is 189 Å². The number of aryl methyl sites for hydroxylation is 1. The zero-order valence-corrected chi connectivity index (χ0v) is 18.1. The van der Waals surface area contributed by atoms with Gasteiger partial charge in [0.05, 0.1) is 24.5 Å². The van der Waals surface area contributed by atoms with E-state index in [4.69, 9.17) is 9.47 Å². The Balaban J connectivity index is 1.42. The van der Waals surface area contributed by atoms with Crippen molar-refractivity contribution in [3.8, 4) is 11.5 Å². The fourth-order valence-electron chi connectivity index (χ4n) is 5.70. The third-order valence-electron chi connectivity index (χ3n) is 7.19. The van der Waals surface area contributed by atoms with Crippen LogP contribution >= 0.6 is 0 Å². The minimum atomic E-state index is -1.41. The first kappa shape index (κ1) is 20.2. The molecule has 0 aliphatic carbocycles. The van der Waals surface area contributed by atoms with Gasteiger partial charge in [0.2, 0.25) is 24.5 Å². The number of anilines is 1. The second-order valence-corrected chi connectivity index (χ2v) is 9.18. The summed E-state index contributed by atoms with van der Waals surface area (Å²) < 4.78 is 10.7. The summed E-state index contributed by atoms with van der Waals surface area (Å²) in [4.78, 5) is 41.9. The lowest BCUT2D eigenvalue weighted by atomic mass is 9.76. The molecular weight excluding hydrogens is 426 g/mol. The standard InChI is InChI=1S/C24H23N3O6/c1-11-3-5-15-14(7-11)24(23(31)25-15)19-18(20(26-24)12(2)28)21(29)27(22(19)30)9-13-4-6-16-17(8-13)33-10-32-16/h3-8,12,18-20,26,28H,9-10H2,1-2H3,(H,25,31)/t12-,18+,19+,20+,24-/m1/s1. The summed E-state index contributed by atoms with van der Waals surface area (Å²) in [7, 11) is 0. The number of carbonyl (C=O) groups is 3. The monoisotopic (exact) mass is 449 g/mol. The van der Waals surface area contributed by atoms with Crippen LogP contribution in [0.4, 0.5) is 5.69 Å². The van der Waals surface area contributed by atoms with Crippen LogP contribution in [0.5, 0.6) is 11.5 Å². The molecule has 0 bridgehead atoms. The van der Waals surface area contributed by atoms with Crippen LogP contribution in [-0.4, -0.2) is 46.7 Å². The average molecular weight is 449 g/mol. The molecule has 4 heterocycles. The summed E-state index contributed by atoms with van der Waals surface area (Å²) in [5.41, 5.74) is 1.47. The van der Waals surface area contributed by atoms with Crippen LogP contribution in [0.2, 0.25) is 0 Å². The van der Waals surface area contributed by atoms with Gasteiger partial charge >= 0.3 is 0 Å². The Morgan fingerprint density at radius 1 is 1.12 bits per heavy atom. The molecule has 2 fully saturated rings. The number of nitrogens with one attached hydrogen (secondary N) is 2. The number of benzene rings is 2. The normalized spacial score (nSPS) is 30.1. The molecule has 4 aliphatic rings. The number of aliphatic hydroxyl groups excluding tert-OH is 1. The fourth-order valence-corrected chi connectivity index (χ4v) is 5.70. The smallest absolute Gasteiger partial charge is 0.250 e. The molecule has 4 aliphatic heterocycles. The van der Waals surface area contributed by atoms with E-state index in [0.29, 0.717) is 28.3 Å². The number of hydrogen-bond donors (Lipinski definition) is 3. The third-order valence-corrected chi connectivity index (χ3v) is 7.19. The highest BCUT2D eigenvalue weighted by Crippen LogP contribution is 2.53. The van der Waals surface area contributed by atoms with Crippen molar-refractivity contribution in [1.29, 1.82) is 0 Å². The van der Waals surface area contributed by atoms with E-state index in [2.05, 4.69) is 10.6 Å². The molecule has 3 N–H and O–H groups in total. The van der Waals surface area contributed by atoms with E-state index in [1.807, 2.05) is 19.1 Å².